The molecule has 1 atom stereocenters. The number of hydrogen-bond acceptors (Lipinski definition) is 3. The minimum Gasteiger partial charge on any atom is -0.355 e. The molecule has 0 aliphatic carbocycles. The number of halogens is 1. The number of aliphatic imine (C=N–C) groups is 1. The molecule has 140 valence electrons. The lowest BCUT2D eigenvalue weighted by Gasteiger charge is -2.25. The second kappa shape index (κ2) is 11.1. The van der Waals surface area contributed by atoms with Gasteiger partial charge in [-0.15, -0.1) is 24.0 Å². The fourth-order valence-corrected chi connectivity index (χ4v) is 3.26. The summed E-state index contributed by atoms with van der Waals surface area (Å²) in [7, 11) is 1.81. The summed E-state index contributed by atoms with van der Waals surface area (Å²) in [6, 6.07) is 17.2. The summed E-state index contributed by atoms with van der Waals surface area (Å²) in [6.45, 7) is 3.78. The lowest BCUT2D eigenvalue weighted by molar-refractivity contribution is 0.245. The smallest absolute Gasteiger partial charge is 0.191 e. The van der Waals surface area contributed by atoms with Crippen LogP contribution in [0.25, 0.3) is 0 Å². The fourth-order valence-electron chi connectivity index (χ4n) is 3.26. The van der Waals surface area contributed by atoms with Gasteiger partial charge in [-0.2, -0.15) is 0 Å². The molecule has 1 aromatic heterocycles. The summed E-state index contributed by atoms with van der Waals surface area (Å²) >= 11 is 0. The molecule has 0 amide bonds. The summed E-state index contributed by atoms with van der Waals surface area (Å²) in [5.74, 6) is 0.831. The molecule has 3 rings (SSSR count). The van der Waals surface area contributed by atoms with Crippen molar-refractivity contribution in [1.82, 2.24) is 20.5 Å². The summed E-state index contributed by atoms with van der Waals surface area (Å²) in [4.78, 5) is 11.2. The second-order valence-corrected chi connectivity index (χ2v) is 6.38. The standard InChI is InChI=1S/C20H27N5.HI/c1-21-20(23-14-18-10-5-6-12-22-18)24-15-19-11-7-13-25(19)16-17-8-3-2-4-9-17;/h2-6,8-10,12,19H,7,11,13-16H2,1H3,(H2,21,23,24);1H. The Hall–Kier alpha value is -1.67. The Kier molecular flexibility index (Phi) is 8.84. The van der Waals surface area contributed by atoms with E-state index in [9.17, 15) is 0 Å². The van der Waals surface area contributed by atoms with Gasteiger partial charge in [-0.3, -0.25) is 14.9 Å². The second-order valence-electron chi connectivity index (χ2n) is 6.38. The number of guanidine groups is 1. The molecule has 5 nitrogen and oxygen atoms in total. The van der Waals surface area contributed by atoms with Crippen LogP contribution in [-0.2, 0) is 13.1 Å². The van der Waals surface area contributed by atoms with Crippen LogP contribution < -0.4 is 10.6 Å². The van der Waals surface area contributed by atoms with Crippen LogP contribution in [0, 0.1) is 0 Å². The molecule has 0 spiro atoms. The molecule has 0 bridgehead atoms. The number of benzene rings is 1. The first kappa shape index (κ1) is 20.6. The molecule has 1 aliphatic rings. The lowest BCUT2D eigenvalue weighted by Crippen LogP contribution is -2.44. The van der Waals surface area contributed by atoms with Crippen molar-refractivity contribution in [1.29, 1.82) is 0 Å². The highest BCUT2D eigenvalue weighted by molar-refractivity contribution is 14.0. The zero-order chi connectivity index (χ0) is 17.3. The van der Waals surface area contributed by atoms with Crippen molar-refractivity contribution in [3.8, 4) is 0 Å². The van der Waals surface area contributed by atoms with Crippen molar-refractivity contribution in [2.45, 2.75) is 32.0 Å². The molecule has 2 heterocycles. The van der Waals surface area contributed by atoms with Crippen LogP contribution in [0.3, 0.4) is 0 Å². The van der Waals surface area contributed by atoms with E-state index in [4.69, 9.17) is 0 Å². The molecule has 1 fully saturated rings. The molecule has 2 aromatic rings. The predicted octanol–water partition coefficient (Wildman–Crippen LogP) is 3.03. The van der Waals surface area contributed by atoms with Crippen molar-refractivity contribution < 1.29 is 0 Å². The third-order valence-electron chi connectivity index (χ3n) is 4.62. The average molecular weight is 465 g/mol. The van der Waals surface area contributed by atoms with Crippen molar-refractivity contribution >= 4 is 29.9 Å². The maximum Gasteiger partial charge on any atom is 0.191 e. The topological polar surface area (TPSA) is 52.6 Å². The van der Waals surface area contributed by atoms with Crippen molar-refractivity contribution in [3.63, 3.8) is 0 Å². The van der Waals surface area contributed by atoms with Crippen LogP contribution in [0.2, 0.25) is 0 Å². The van der Waals surface area contributed by atoms with Gasteiger partial charge in [0.15, 0.2) is 5.96 Å². The summed E-state index contributed by atoms with van der Waals surface area (Å²) < 4.78 is 0. The van der Waals surface area contributed by atoms with E-state index in [2.05, 4.69) is 55.8 Å². The van der Waals surface area contributed by atoms with Gasteiger partial charge in [-0.05, 0) is 37.1 Å². The van der Waals surface area contributed by atoms with Gasteiger partial charge in [-0.1, -0.05) is 36.4 Å². The Labute approximate surface area is 173 Å². The van der Waals surface area contributed by atoms with Gasteiger partial charge >= 0.3 is 0 Å². The van der Waals surface area contributed by atoms with Gasteiger partial charge in [0.05, 0.1) is 12.2 Å². The van der Waals surface area contributed by atoms with E-state index in [0.29, 0.717) is 12.6 Å². The van der Waals surface area contributed by atoms with E-state index in [1.165, 1.54) is 24.9 Å². The normalized spacial score (nSPS) is 17.6. The van der Waals surface area contributed by atoms with Crippen molar-refractivity contribution in [2.24, 2.45) is 4.99 Å². The van der Waals surface area contributed by atoms with E-state index in [1.807, 2.05) is 31.4 Å². The zero-order valence-electron chi connectivity index (χ0n) is 15.3. The number of pyridine rings is 1. The summed E-state index contributed by atoms with van der Waals surface area (Å²) in [5, 5.41) is 6.80. The predicted molar refractivity (Wildman–Crippen MR) is 118 cm³/mol. The first-order valence-electron chi connectivity index (χ1n) is 8.97. The van der Waals surface area contributed by atoms with Gasteiger partial charge in [0, 0.05) is 32.4 Å². The molecule has 26 heavy (non-hydrogen) atoms. The third-order valence-corrected chi connectivity index (χ3v) is 4.62. The largest absolute Gasteiger partial charge is 0.355 e. The number of nitrogens with zero attached hydrogens (tertiary/aromatic N) is 3. The molecule has 0 saturated carbocycles. The first-order chi connectivity index (χ1) is 12.3. The number of likely N-dealkylation sites (tertiary alicyclic amines) is 1. The zero-order valence-corrected chi connectivity index (χ0v) is 17.6. The number of aromatic nitrogens is 1. The summed E-state index contributed by atoms with van der Waals surface area (Å²) in [6.07, 6.45) is 4.31. The molecular formula is C20H28IN5. The molecule has 1 aromatic carbocycles. The van der Waals surface area contributed by atoms with Gasteiger partial charge in [0.2, 0.25) is 0 Å². The van der Waals surface area contributed by atoms with E-state index in [1.54, 1.807) is 0 Å². The summed E-state index contributed by atoms with van der Waals surface area (Å²) in [5.41, 5.74) is 2.39. The Morgan fingerprint density at radius 2 is 1.96 bits per heavy atom. The maximum atomic E-state index is 4.33. The number of rotatable bonds is 6. The molecular weight excluding hydrogens is 437 g/mol. The quantitative estimate of drug-likeness (QED) is 0.391. The SMILES string of the molecule is CN=C(NCc1ccccn1)NCC1CCCN1Cc1ccccc1.I. The highest BCUT2D eigenvalue weighted by Gasteiger charge is 2.24. The van der Waals surface area contributed by atoms with E-state index in [0.717, 1.165) is 24.7 Å². The van der Waals surface area contributed by atoms with Crippen molar-refractivity contribution in [2.75, 3.05) is 20.1 Å². The van der Waals surface area contributed by atoms with Crippen LogP contribution in [0.5, 0.6) is 0 Å². The Morgan fingerprint density at radius 1 is 1.15 bits per heavy atom. The first-order valence-corrected chi connectivity index (χ1v) is 8.97. The maximum absolute atomic E-state index is 4.33. The lowest BCUT2D eigenvalue weighted by atomic mass is 10.2. The van der Waals surface area contributed by atoms with E-state index < -0.39 is 0 Å². The van der Waals surface area contributed by atoms with E-state index >= 15 is 0 Å². The fraction of sp³-hybridized carbons (Fsp3) is 0.400. The molecule has 6 heteroatoms. The van der Waals surface area contributed by atoms with Crippen LogP contribution in [0.15, 0.2) is 59.7 Å². The molecule has 2 N–H and O–H groups in total. The highest BCUT2D eigenvalue weighted by Crippen LogP contribution is 2.19. The van der Waals surface area contributed by atoms with Gasteiger partial charge in [-0.25, -0.2) is 0 Å². The van der Waals surface area contributed by atoms with Gasteiger partial charge in [0.1, 0.15) is 0 Å². The van der Waals surface area contributed by atoms with Crippen LogP contribution in [-0.4, -0.2) is 42.0 Å². The van der Waals surface area contributed by atoms with Gasteiger partial charge in [0.25, 0.3) is 0 Å². The molecule has 1 saturated heterocycles. The van der Waals surface area contributed by atoms with Crippen LogP contribution >= 0.6 is 24.0 Å². The Morgan fingerprint density at radius 3 is 2.69 bits per heavy atom. The number of hydrogen-bond donors (Lipinski definition) is 2. The molecule has 1 aliphatic heterocycles. The highest BCUT2D eigenvalue weighted by atomic mass is 127. The van der Waals surface area contributed by atoms with Crippen molar-refractivity contribution in [3.05, 3.63) is 66.0 Å². The minimum absolute atomic E-state index is 0. The molecule has 1 unspecified atom stereocenters. The Balaban J connectivity index is 0.00000243. The monoisotopic (exact) mass is 465 g/mol. The molecule has 0 radical (unpaired) electrons. The van der Waals surface area contributed by atoms with E-state index in [-0.39, 0.29) is 24.0 Å². The van der Waals surface area contributed by atoms with Crippen LogP contribution in [0.1, 0.15) is 24.1 Å². The number of nitrogens with one attached hydrogen (secondary N) is 2. The minimum atomic E-state index is 0. The average Bonchev–Trinajstić information content (AvgIpc) is 3.10. The Bertz CT molecular complexity index is 662. The van der Waals surface area contributed by atoms with Crippen LogP contribution in [0.4, 0.5) is 0 Å². The third kappa shape index (κ3) is 6.25. The van der Waals surface area contributed by atoms with Gasteiger partial charge < -0.3 is 10.6 Å².